The fourth-order valence-corrected chi connectivity index (χ4v) is 9.35. The maximum Gasteiger partial charge on any atom is 0.311 e. The molecule has 0 amide bonds. The molecule has 0 aliphatic carbocycles. The van der Waals surface area contributed by atoms with Crippen molar-refractivity contribution in [1.82, 2.24) is 0 Å². The van der Waals surface area contributed by atoms with E-state index >= 15 is 0 Å². The predicted octanol–water partition coefficient (Wildman–Crippen LogP) is 19.5. The van der Waals surface area contributed by atoms with Crippen molar-refractivity contribution < 1.29 is 68.0 Å². The smallest absolute Gasteiger partial charge is 0.311 e. The Morgan fingerprint density at radius 3 is 1.19 bits per heavy atom. The van der Waals surface area contributed by atoms with Gasteiger partial charge in [-0.1, -0.05) is 151 Å². The van der Waals surface area contributed by atoms with Crippen molar-refractivity contribution in [3.63, 3.8) is 0 Å². The summed E-state index contributed by atoms with van der Waals surface area (Å²) < 4.78 is 34.6. The largest absolute Gasteiger partial charge is 0.508 e. The number of carbonyl (C=O) groups excluding carboxylic acids is 2. The van der Waals surface area contributed by atoms with Gasteiger partial charge in [0.05, 0.1) is 12.2 Å². The molecule has 500 valence electrons. The summed E-state index contributed by atoms with van der Waals surface area (Å²) in [6.45, 7) is 11.4. The zero-order valence-corrected chi connectivity index (χ0v) is 54.1. The Kier molecular flexibility index (Phi) is 34.2. The first kappa shape index (κ1) is 76.0. The van der Waals surface area contributed by atoms with Gasteiger partial charge >= 0.3 is 11.9 Å². The molecule has 0 saturated heterocycles. The molecular formula is C77H96O16. The van der Waals surface area contributed by atoms with E-state index in [-0.39, 0.29) is 123 Å². The van der Waals surface area contributed by atoms with E-state index in [1.165, 1.54) is 79.9 Å². The highest BCUT2D eigenvalue weighted by molar-refractivity contribution is 5.91. The van der Waals surface area contributed by atoms with Crippen molar-refractivity contribution in [1.29, 1.82) is 0 Å². The number of aromatic hydroxyl groups is 6. The number of unbranched alkanes of at least 4 members (excludes halogenated alkanes) is 8. The summed E-state index contributed by atoms with van der Waals surface area (Å²) in [5.74, 6) is -4.08. The van der Waals surface area contributed by atoms with Crippen LogP contribution in [0.5, 0.6) is 57.5 Å². The number of esters is 2. The van der Waals surface area contributed by atoms with Crippen molar-refractivity contribution in [2.45, 2.75) is 190 Å². The van der Waals surface area contributed by atoms with Crippen molar-refractivity contribution in [2.75, 3.05) is 0 Å². The lowest BCUT2D eigenvalue weighted by Gasteiger charge is -2.15. The molecular weight excluding hydrogens is 1180 g/mol. The fraction of sp³-hybridized carbons (Fsp3) is 0.377. The molecule has 6 aromatic rings. The Morgan fingerprint density at radius 2 is 0.796 bits per heavy atom. The van der Waals surface area contributed by atoms with Gasteiger partial charge in [-0.2, -0.15) is 0 Å². The Morgan fingerprint density at radius 1 is 0.430 bits per heavy atom. The van der Waals surface area contributed by atoms with Crippen LogP contribution in [0.2, 0.25) is 0 Å². The molecule has 0 saturated carbocycles. The Balaban J connectivity index is 0.000000394. The maximum absolute atomic E-state index is 13.7. The van der Waals surface area contributed by atoms with E-state index in [4.69, 9.17) is 27.8 Å². The summed E-state index contributed by atoms with van der Waals surface area (Å²) in [6.07, 6.45) is 51.2. The van der Waals surface area contributed by atoms with Gasteiger partial charge in [-0.25, -0.2) is 0 Å². The highest BCUT2D eigenvalue weighted by atomic mass is 16.6. The highest BCUT2D eigenvalue weighted by Gasteiger charge is 2.27. The van der Waals surface area contributed by atoms with E-state index in [9.17, 15) is 49.8 Å². The van der Waals surface area contributed by atoms with Crippen LogP contribution >= 0.6 is 0 Å². The number of phenolic OH excluding ortho intramolecular Hbond substituents is 6. The third-order valence-electron chi connectivity index (χ3n) is 13.9. The van der Waals surface area contributed by atoms with Crippen LogP contribution in [-0.4, -0.2) is 54.8 Å². The summed E-state index contributed by atoms with van der Waals surface area (Å²) >= 11 is 0. The van der Waals surface area contributed by atoms with Gasteiger partial charge in [0.2, 0.25) is 22.4 Å². The lowest BCUT2D eigenvalue weighted by Crippen LogP contribution is -2.17. The van der Waals surface area contributed by atoms with Gasteiger partial charge in [0.15, 0.2) is 34.5 Å². The second-order valence-corrected chi connectivity index (χ2v) is 22.4. The zero-order valence-electron chi connectivity index (χ0n) is 54.1. The number of carbonyl (C=O) groups is 2. The summed E-state index contributed by atoms with van der Waals surface area (Å²) in [7, 11) is 0. The average Bonchev–Trinajstić information content (AvgIpc) is 0.779. The summed E-state index contributed by atoms with van der Waals surface area (Å²) in [4.78, 5) is 53.2. The summed E-state index contributed by atoms with van der Waals surface area (Å²) in [5.41, 5.74) is -0.945. The van der Waals surface area contributed by atoms with E-state index in [1.807, 2.05) is 12.2 Å². The average molecular weight is 1280 g/mol. The van der Waals surface area contributed by atoms with Crippen molar-refractivity contribution >= 4 is 33.9 Å². The van der Waals surface area contributed by atoms with E-state index in [0.717, 1.165) is 83.5 Å². The number of phenols is 6. The Labute approximate surface area is 547 Å². The van der Waals surface area contributed by atoms with Crippen LogP contribution in [0.4, 0.5) is 0 Å². The first-order valence-electron chi connectivity index (χ1n) is 32.1. The molecule has 4 aromatic carbocycles. The minimum atomic E-state index is -0.684. The van der Waals surface area contributed by atoms with Crippen LogP contribution in [0.1, 0.15) is 177 Å². The molecule has 0 bridgehead atoms. The van der Waals surface area contributed by atoms with Gasteiger partial charge in [0.25, 0.3) is 0 Å². The molecule has 2 heterocycles. The summed E-state index contributed by atoms with van der Waals surface area (Å²) in [5, 5.41) is 60.2. The monoisotopic (exact) mass is 1280 g/mol. The molecule has 16 nitrogen and oxygen atoms in total. The molecule has 0 aliphatic rings. The van der Waals surface area contributed by atoms with Gasteiger partial charge in [0.1, 0.15) is 44.9 Å². The Hall–Kier alpha value is -9.44. The van der Waals surface area contributed by atoms with E-state index in [0.29, 0.717) is 12.8 Å². The molecule has 93 heavy (non-hydrogen) atoms. The zero-order chi connectivity index (χ0) is 66.6. The predicted molar refractivity (Wildman–Crippen MR) is 372 cm³/mol. The fourth-order valence-electron chi connectivity index (χ4n) is 9.35. The molecule has 0 atom stereocenters. The molecule has 2 aromatic heterocycles. The van der Waals surface area contributed by atoms with Crippen LogP contribution < -0.4 is 29.8 Å². The lowest BCUT2D eigenvalue weighted by molar-refractivity contribution is -0.135. The number of rotatable bonds is 36. The molecule has 16 heteroatoms. The first-order valence-corrected chi connectivity index (χ1v) is 32.1. The van der Waals surface area contributed by atoms with Gasteiger partial charge in [-0.05, 0) is 148 Å². The van der Waals surface area contributed by atoms with Crippen molar-refractivity contribution in [3.05, 3.63) is 178 Å². The molecule has 0 spiro atoms. The molecule has 0 radical (unpaired) electrons. The van der Waals surface area contributed by atoms with Crippen molar-refractivity contribution in [2.24, 2.45) is 0 Å². The number of allylic oxidation sites excluding steroid dienone is 16. The third kappa shape index (κ3) is 26.4. The number of fused-ring (bicyclic) bond motifs is 2. The first-order chi connectivity index (χ1) is 44.4. The molecule has 0 aliphatic heterocycles. The number of ether oxygens (including phenoxy) is 4. The van der Waals surface area contributed by atoms with Gasteiger partial charge in [0, 0.05) is 48.2 Å². The second kappa shape index (κ2) is 41.8. The Bertz CT molecular complexity index is 3700. The number of benzene rings is 4. The number of hydrogen-bond donors (Lipinski definition) is 6. The summed E-state index contributed by atoms with van der Waals surface area (Å²) in [6, 6.07) is 12.8. The topological polar surface area (TPSA) is 253 Å². The lowest BCUT2D eigenvalue weighted by atomic mass is 10.1. The minimum absolute atomic E-state index is 0. The number of hydrogen-bond acceptors (Lipinski definition) is 16. The van der Waals surface area contributed by atoms with Crippen LogP contribution in [-0.2, 0) is 9.59 Å². The van der Waals surface area contributed by atoms with Crippen molar-refractivity contribution in [3.8, 4) is 80.1 Å². The van der Waals surface area contributed by atoms with Gasteiger partial charge < -0.3 is 58.4 Å². The van der Waals surface area contributed by atoms with Crippen LogP contribution in [0.3, 0.4) is 0 Å². The molecule has 6 N–H and O–H groups in total. The second-order valence-electron chi connectivity index (χ2n) is 22.4. The van der Waals surface area contributed by atoms with Gasteiger partial charge in [-0.3, -0.25) is 19.2 Å². The standard InChI is InChI=1S/C40H46O8.C36H46O8.CH4/c1-4-5-6-7-8-9-10-11-12-13-14-15-16-17-18-19-20-21-22-23-36(44)48-40-38(45)37-34(46-29(2)3)27-31(41)28-35(37)47-39(40)30-24-25-32(42)33(43)26-30;1-4-5-6-7-8-9-10-11-12-13-14-15-16-17-18-19-32(40)44-36-34(41)33-30(42-25(2)3)23-27(37)24-31(33)43-35(36)26-20-21-28(38)29(39)22-26;/h5-6,8-9,11-12,14-15,17-18,20-21,24-29,41-43H,4,7,10,13,16,19,22-23H2,1-3H3;8-9,11-12,20-25,37-39H,4-7,10,13-19H2,1-3H3;1H4/b6-5-,9-8-,12-11-,15-14-,18-17-,21-20-;9-8-,12-11-;. The maximum atomic E-state index is 13.7. The van der Waals surface area contributed by atoms with E-state index in [2.05, 4.69) is 98.9 Å². The third-order valence-corrected chi connectivity index (χ3v) is 13.9. The van der Waals surface area contributed by atoms with Crippen LogP contribution in [0.15, 0.2) is 176 Å². The molecule has 0 fully saturated rings. The van der Waals surface area contributed by atoms with E-state index < -0.39 is 34.3 Å². The minimum Gasteiger partial charge on any atom is -0.508 e. The molecule has 0 unspecified atom stereocenters. The molecule has 6 rings (SSSR count). The van der Waals surface area contributed by atoms with Crippen LogP contribution in [0, 0.1) is 0 Å². The highest BCUT2D eigenvalue weighted by Crippen LogP contribution is 2.41. The van der Waals surface area contributed by atoms with Gasteiger partial charge in [-0.15, -0.1) is 0 Å². The quantitative estimate of drug-likeness (QED) is 0.00925. The normalized spacial score (nSPS) is 12.0. The SMILES string of the molecule is C.CC/C=C\C/C=C\C/C=C\C/C=C\C/C=C\C/C=C\CCC(=O)Oc1c(-c2ccc(O)c(O)c2)oc2cc(O)cc(OC(C)C)c2c1=O.CCCCC/C=C\C/C=C\CCCCCCCC(=O)Oc1c(-c2ccc(O)c(O)c2)oc2cc(O)cc(OC(C)C)c2c1=O. The van der Waals surface area contributed by atoms with E-state index in [1.54, 1.807) is 27.7 Å². The van der Waals surface area contributed by atoms with Crippen LogP contribution in [0.25, 0.3) is 44.6 Å².